The highest BCUT2D eigenvalue weighted by Crippen LogP contribution is 2.27. The molecule has 1 aliphatic rings. The second-order valence-corrected chi connectivity index (χ2v) is 6.05. The molecule has 0 unspecified atom stereocenters. The summed E-state index contributed by atoms with van der Waals surface area (Å²) in [6.07, 6.45) is 4.71. The summed E-state index contributed by atoms with van der Waals surface area (Å²) >= 11 is 1.15. The lowest BCUT2D eigenvalue weighted by molar-refractivity contribution is -0.117. The van der Waals surface area contributed by atoms with Crippen molar-refractivity contribution in [1.82, 2.24) is 4.90 Å². The maximum atomic E-state index is 12.1. The van der Waals surface area contributed by atoms with Crippen LogP contribution in [0.3, 0.4) is 0 Å². The number of nitrogens with one attached hydrogen (secondary N) is 1. The largest absolute Gasteiger partial charge is 0.477 e. The van der Waals surface area contributed by atoms with Crippen molar-refractivity contribution in [2.75, 3.05) is 25.0 Å². The first-order chi connectivity index (χ1) is 9.58. The predicted octanol–water partition coefficient (Wildman–Crippen LogP) is 2.57. The average Bonchev–Trinajstić information content (AvgIpc) is 2.62. The number of carbonyl (C=O) groups excluding carboxylic acids is 1. The normalized spacial score (nSPS) is 16.6. The number of aromatic carboxylic acids is 1. The number of nitrogens with zero attached hydrogens (tertiary/aromatic N) is 1. The van der Waals surface area contributed by atoms with Gasteiger partial charge in [0.1, 0.15) is 4.88 Å². The van der Waals surface area contributed by atoms with Gasteiger partial charge in [-0.15, -0.1) is 11.3 Å². The van der Waals surface area contributed by atoms with Crippen LogP contribution in [-0.2, 0) is 4.79 Å². The molecule has 20 heavy (non-hydrogen) atoms. The first kappa shape index (κ1) is 15.0. The lowest BCUT2D eigenvalue weighted by atomic mass is 10.2. The van der Waals surface area contributed by atoms with E-state index in [1.54, 1.807) is 5.38 Å². The molecule has 1 fully saturated rings. The molecule has 2 N–H and O–H groups in total. The van der Waals surface area contributed by atoms with Gasteiger partial charge in [0.2, 0.25) is 5.91 Å². The number of amides is 1. The molecule has 5 nitrogen and oxygen atoms in total. The molecule has 0 aliphatic carbocycles. The van der Waals surface area contributed by atoms with E-state index in [0.717, 1.165) is 42.8 Å². The number of likely N-dealkylation sites (tertiary alicyclic amines) is 1. The molecular weight excluding hydrogens is 276 g/mol. The van der Waals surface area contributed by atoms with Gasteiger partial charge < -0.3 is 10.4 Å². The molecule has 0 spiro atoms. The third kappa shape index (κ3) is 3.80. The predicted molar refractivity (Wildman–Crippen MR) is 79.6 cm³/mol. The first-order valence-corrected chi connectivity index (χ1v) is 7.79. The number of carbonyl (C=O) groups is 2. The Hall–Kier alpha value is -1.40. The zero-order valence-electron chi connectivity index (χ0n) is 11.6. The first-order valence-electron chi connectivity index (χ1n) is 6.91. The van der Waals surface area contributed by atoms with Gasteiger partial charge in [-0.2, -0.15) is 0 Å². The Bertz CT molecular complexity index is 491. The zero-order chi connectivity index (χ0) is 14.5. The van der Waals surface area contributed by atoms with Crippen molar-refractivity contribution in [2.45, 2.75) is 32.6 Å². The number of rotatable bonds is 4. The van der Waals surface area contributed by atoms with Gasteiger partial charge in [0.05, 0.1) is 12.2 Å². The van der Waals surface area contributed by atoms with Crippen LogP contribution < -0.4 is 5.32 Å². The van der Waals surface area contributed by atoms with Gasteiger partial charge in [-0.1, -0.05) is 12.8 Å². The highest BCUT2D eigenvalue weighted by Gasteiger charge is 2.19. The summed E-state index contributed by atoms with van der Waals surface area (Å²) < 4.78 is 0. The van der Waals surface area contributed by atoms with Crippen molar-refractivity contribution in [2.24, 2.45) is 0 Å². The van der Waals surface area contributed by atoms with Gasteiger partial charge in [-0.25, -0.2) is 4.79 Å². The fourth-order valence-electron chi connectivity index (χ4n) is 2.43. The minimum atomic E-state index is -0.992. The highest BCUT2D eigenvalue weighted by molar-refractivity contribution is 7.12. The highest BCUT2D eigenvalue weighted by atomic mass is 32.1. The molecule has 1 aromatic heterocycles. The van der Waals surface area contributed by atoms with Crippen LogP contribution in [-0.4, -0.2) is 41.5 Å². The summed E-state index contributed by atoms with van der Waals surface area (Å²) in [6.45, 7) is 4.04. The second-order valence-electron chi connectivity index (χ2n) is 5.17. The van der Waals surface area contributed by atoms with E-state index < -0.39 is 5.97 Å². The molecule has 2 rings (SSSR count). The lowest BCUT2D eigenvalue weighted by Gasteiger charge is -2.19. The monoisotopic (exact) mass is 296 g/mol. The Balaban J connectivity index is 1.97. The van der Waals surface area contributed by atoms with E-state index in [-0.39, 0.29) is 10.8 Å². The molecule has 0 atom stereocenters. The summed E-state index contributed by atoms with van der Waals surface area (Å²) in [5.41, 5.74) is 1.25. The molecule has 110 valence electrons. The van der Waals surface area contributed by atoms with Gasteiger partial charge in [0.25, 0.3) is 0 Å². The van der Waals surface area contributed by atoms with Gasteiger partial charge in [0, 0.05) is 0 Å². The fraction of sp³-hybridized carbons (Fsp3) is 0.571. The second kappa shape index (κ2) is 6.85. The van der Waals surface area contributed by atoms with Crippen LogP contribution >= 0.6 is 11.3 Å². The number of anilines is 1. The number of hydrogen-bond donors (Lipinski definition) is 2. The van der Waals surface area contributed by atoms with E-state index in [4.69, 9.17) is 5.11 Å². The Morgan fingerprint density at radius 3 is 2.55 bits per heavy atom. The van der Waals surface area contributed by atoms with Crippen LogP contribution in [0.2, 0.25) is 0 Å². The number of carboxylic acids is 1. The van der Waals surface area contributed by atoms with Crippen molar-refractivity contribution >= 4 is 28.9 Å². The van der Waals surface area contributed by atoms with Crippen LogP contribution in [0.25, 0.3) is 0 Å². The Morgan fingerprint density at radius 1 is 1.30 bits per heavy atom. The van der Waals surface area contributed by atoms with E-state index in [0.29, 0.717) is 12.2 Å². The van der Waals surface area contributed by atoms with Crippen LogP contribution in [0.4, 0.5) is 5.69 Å². The minimum Gasteiger partial charge on any atom is -0.477 e. The lowest BCUT2D eigenvalue weighted by Crippen LogP contribution is -2.34. The van der Waals surface area contributed by atoms with Crippen LogP contribution in [0.1, 0.15) is 40.9 Å². The Labute approximate surface area is 122 Å². The molecule has 1 aromatic rings. The van der Waals surface area contributed by atoms with Crippen molar-refractivity contribution in [1.29, 1.82) is 0 Å². The van der Waals surface area contributed by atoms with Crippen molar-refractivity contribution in [3.8, 4) is 0 Å². The average molecular weight is 296 g/mol. The van der Waals surface area contributed by atoms with E-state index in [1.165, 1.54) is 12.8 Å². The number of carboxylic acid groups (broad SMARTS) is 1. The van der Waals surface area contributed by atoms with Crippen molar-refractivity contribution in [3.63, 3.8) is 0 Å². The number of hydrogen-bond acceptors (Lipinski definition) is 4. The minimum absolute atomic E-state index is 0.129. The number of aryl methyl sites for hydroxylation is 1. The standard InChI is InChI=1S/C14H20N2O3S/c1-10-9-20-13(14(18)19)12(10)15-11(17)8-16-6-4-2-3-5-7-16/h9H,2-8H2,1H3,(H,15,17)(H,18,19). The maximum absolute atomic E-state index is 12.1. The number of thiophene rings is 1. The molecule has 0 radical (unpaired) electrons. The molecule has 1 amide bonds. The third-order valence-electron chi connectivity index (χ3n) is 3.50. The van der Waals surface area contributed by atoms with Crippen LogP contribution in [0, 0.1) is 6.92 Å². The molecule has 2 heterocycles. The van der Waals surface area contributed by atoms with Gasteiger partial charge in [-0.05, 0) is 43.8 Å². The van der Waals surface area contributed by atoms with Gasteiger partial charge in [-0.3, -0.25) is 9.69 Å². The van der Waals surface area contributed by atoms with E-state index >= 15 is 0 Å². The molecule has 1 saturated heterocycles. The Kier molecular flexibility index (Phi) is 5.14. The third-order valence-corrected chi connectivity index (χ3v) is 4.59. The van der Waals surface area contributed by atoms with E-state index in [2.05, 4.69) is 10.2 Å². The molecule has 6 heteroatoms. The smallest absolute Gasteiger partial charge is 0.348 e. The summed E-state index contributed by atoms with van der Waals surface area (Å²) in [7, 11) is 0. The quantitative estimate of drug-likeness (QED) is 0.896. The van der Waals surface area contributed by atoms with Crippen molar-refractivity contribution < 1.29 is 14.7 Å². The van der Waals surface area contributed by atoms with Crippen LogP contribution in [0.15, 0.2) is 5.38 Å². The fourth-order valence-corrected chi connectivity index (χ4v) is 3.28. The topological polar surface area (TPSA) is 69.6 Å². The van der Waals surface area contributed by atoms with Crippen LogP contribution in [0.5, 0.6) is 0 Å². The van der Waals surface area contributed by atoms with Gasteiger partial charge in [0.15, 0.2) is 0 Å². The van der Waals surface area contributed by atoms with E-state index in [1.807, 2.05) is 6.92 Å². The molecule has 0 aromatic carbocycles. The SMILES string of the molecule is Cc1csc(C(=O)O)c1NC(=O)CN1CCCCCC1. The summed E-state index contributed by atoms with van der Waals surface area (Å²) in [6, 6.07) is 0. The molecule has 0 saturated carbocycles. The van der Waals surface area contributed by atoms with Gasteiger partial charge >= 0.3 is 5.97 Å². The molecule has 1 aliphatic heterocycles. The Morgan fingerprint density at radius 2 is 1.95 bits per heavy atom. The molecule has 0 bridgehead atoms. The maximum Gasteiger partial charge on any atom is 0.348 e. The molecular formula is C14H20N2O3S. The summed E-state index contributed by atoms with van der Waals surface area (Å²) in [5.74, 6) is -1.12. The van der Waals surface area contributed by atoms with E-state index in [9.17, 15) is 9.59 Å². The summed E-state index contributed by atoms with van der Waals surface area (Å²) in [4.78, 5) is 25.5. The van der Waals surface area contributed by atoms with Crippen molar-refractivity contribution in [3.05, 3.63) is 15.8 Å². The zero-order valence-corrected chi connectivity index (χ0v) is 12.5. The summed E-state index contributed by atoms with van der Waals surface area (Å²) in [5, 5.41) is 13.6.